The molecule has 1 aromatic carbocycles. The third-order valence-electron chi connectivity index (χ3n) is 1.70. The molecule has 0 saturated carbocycles. The normalized spacial score (nSPS) is 12.6. The number of hydrogen-bond acceptors (Lipinski definition) is 1. The Kier molecular flexibility index (Phi) is 3.89. The molecular weight excluding hydrogens is 207 g/mol. The molecule has 0 N–H and O–H groups in total. The van der Waals surface area contributed by atoms with Crippen molar-refractivity contribution in [3.05, 3.63) is 28.8 Å². The van der Waals surface area contributed by atoms with Gasteiger partial charge in [0.2, 0.25) is 0 Å². The van der Waals surface area contributed by atoms with Gasteiger partial charge < -0.3 is 4.74 Å². The first kappa shape index (κ1) is 10.7. The average Bonchev–Trinajstić information content (AvgIpc) is 2.04. The van der Waals surface area contributed by atoms with Crippen LogP contribution in [0.2, 0.25) is 5.02 Å². The van der Waals surface area contributed by atoms with Crippen molar-refractivity contribution < 1.29 is 4.74 Å². The summed E-state index contributed by atoms with van der Waals surface area (Å²) in [5.41, 5.74) is 0.980. The molecule has 0 bridgehead atoms. The maximum atomic E-state index is 5.97. The van der Waals surface area contributed by atoms with Gasteiger partial charge in [0.25, 0.3) is 0 Å². The van der Waals surface area contributed by atoms with Gasteiger partial charge in [-0.1, -0.05) is 17.7 Å². The predicted octanol–water partition coefficient (Wildman–Crippen LogP) is 4.04. The molecule has 0 aliphatic carbocycles. The van der Waals surface area contributed by atoms with Crippen LogP contribution in [-0.2, 0) is 0 Å². The van der Waals surface area contributed by atoms with Crippen LogP contribution in [0.4, 0.5) is 0 Å². The minimum absolute atomic E-state index is 0.0567. The lowest BCUT2D eigenvalue weighted by Crippen LogP contribution is -1.96. The molecule has 0 aliphatic rings. The molecule has 0 fully saturated rings. The van der Waals surface area contributed by atoms with E-state index >= 15 is 0 Å². The summed E-state index contributed by atoms with van der Waals surface area (Å²) in [6.45, 7) is 4.47. The van der Waals surface area contributed by atoms with Crippen LogP contribution in [0.15, 0.2) is 18.2 Å². The predicted molar refractivity (Wildman–Crippen MR) is 56.9 cm³/mol. The number of rotatable bonds is 3. The number of hydrogen-bond donors (Lipinski definition) is 0. The summed E-state index contributed by atoms with van der Waals surface area (Å²) in [6.07, 6.45) is 0. The molecule has 0 radical (unpaired) electrons. The van der Waals surface area contributed by atoms with Crippen LogP contribution in [0.25, 0.3) is 0 Å². The quantitative estimate of drug-likeness (QED) is 0.697. The molecule has 1 rings (SSSR count). The fraction of sp³-hybridized carbons (Fsp3) is 0.400. The van der Waals surface area contributed by atoms with Crippen molar-refractivity contribution in [2.75, 3.05) is 6.61 Å². The van der Waals surface area contributed by atoms with E-state index in [1.807, 2.05) is 26.0 Å². The van der Waals surface area contributed by atoms with Gasteiger partial charge in [-0.3, -0.25) is 0 Å². The van der Waals surface area contributed by atoms with E-state index in [4.69, 9.17) is 27.9 Å². The minimum atomic E-state index is -0.0567. The summed E-state index contributed by atoms with van der Waals surface area (Å²) in [4.78, 5) is 0. The zero-order valence-electron chi connectivity index (χ0n) is 7.68. The third kappa shape index (κ3) is 2.78. The van der Waals surface area contributed by atoms with Crippen molar-refractivity contribution in [3.63, 3.8) is 0 Å². The molecular formula is C10H12Cl2O. The molecule has 0 amide bonds. The lowest BCUT2D eigenvalue weighted by molar-refractivity contribution is 0.336. The SMILES string of the molecule is CCOc1cc(Cl)ccc1C(C)Cl. The Morgan fingerprint density at radius 3 is 2.69 bits per heavy atom. The van der Waals surface area contributed by atoms with Gasteiger partial charge in [0.05, 0.1) is 12.0 Å². The second-order valence-corrected chi connectivity index (χ2v) is 3.82. The van der Waals surface area contributed by atoms with Crippen molar-refractivity contribution in [2.24, 2.45) is 0 Å². The first-order valence-electron chi connectivity index (χ1n) is 4.21. The Morgan fingerprint density at radius 1 is 1.46 bits per heavy atom. The Hall–Kier alpha value is -0.400. The van der Waals surface area contributed by atoms with Crippen LogP contribution in [0.5, 0.6) is 5.75 Å². The Bertz CT molecular complexity index is 284. The Labute approximate surface area is 88.6 Å². The monoisotopic (exact) mass is 218 g/mol. The second kappa shape index (κ2) is 4.73. The maximum absolute atomic E-state index is 5.97. The van der Waals surface area contributed by atoms with Crippen LogP contribution in [0, 0.1) is 0 Å². The highest BCUT2D eigenvalue weighted by molar-refractivity contribution is 6.30. The molecule has 13 heavy (non-hydrogen) atoms. The van der Waals surface area contributed by atoms with Gasteiger partial charge in [0.15, 0.2) is 0 Å². The number of alkyl halides is 1. The number of ether oxygens (including phenoxy) is 1. The highest BCUT2D eigenvalue weighted by Crippen LogP contribution is 2.31. The summed E-state index contributed by atoms with van der Waals surface area (Å²) < 4.78 is 5.41. The van der Waals surface area contributed by atoms with Crippen LogP contribution < -0.4 is 4.74 Å². The Morgan fingerprint density at radius 2 is 2.15 bits per heavy atom. The van der Waals surface area contributed by atoms with E-state index in [9.17, 15) is 0 Å². The molecule has 3 heteroatoms. The zero-order chi connectivity index (χ0) is 9.84. The topological polar surface area (TPSA) is 9.23 Å². The Balaban J connectivity index is 3.03. The zero-order valence-corrected chi connectivity index (χ0v) is 9.19. The van der Waals surface area contributed by atoms with Crippen molar-refractivity contribution >= 4 is 23.2 Å². The van der Waals surface area contributed by atoms with Gasteiger partial charge in [0, 0.05) is 10.6 Å². The molecule has 1 nitrogen and oxygen atoms in total. The van der Waals surface area contributed by atoms with Crippen LogP contribution in [0.1, 0.15) is 24.8 Å². The second-order valence-electron chi connectivity index (χ2n) is 2.73. The van der Waals surface area contributed by atoms with Crippen LogP contribution >= 0.6 is 23.2 Å². The molecule has 0 heterocycles. The highest BCUT2D eigenvalue weighted by Gasteiger charge is 2.08. The first-order chi connectivity index (χ1) is 6.15. The van der Waals surface area contributed by atoms with Gasteiger partial charge in [-0.15, -0.1) is 11.6 Å². The lowest BCUT2D eigenvalue weighted by Gasteiger charge is -2.11. The van der Waals surface area contributed by atoms with Crippen molar-refractivity contribution in [2.45, 2.75) is 19.2 Å². The molecule has 0 saturated heterocycles. The summed E-state index contributed by atoms with van der Waals surface area (Å²) in [7, 11) is 0. The van der Waals surface area contributed by atoms with E-state index in [1.54, 1.807) is 6.07 Å². The first-order valence-corrected chi connectivity index (χ1v) is 5.03. The summed E-state index contributed by atoms with van der Waals surface area (Å²) in [5.74, 6) is 0.775. The molecule has 1 unspecified atom stereocenters. The van der Waals surface area contributed by atoms with Gasteiger partial charge in [-0.25, -0.2) is 0 Å². The molecule has 0 aromatic heterocycles. The van der Waals surface area contributed by atoms with Gasteiger partial charge in [0.1, 0.15) is 5.75 Å². The highest BCUT2D eigenvalue weighted by atomic mass is 35.5. The van der Waals surface area contributed by atoms with Gasteiger partial charge in [-0.05, 0) is 26.0 Å². The fourth-order valence-electron chi connectivity index (χ4n) is 1.12. The number of benzene rings is 1. The van der Waals surface area contributed by atoms with Crippen LogP contribution in [0.3, 0.4) is 0 Å². The molecule has 1 atom stereocenters. The molecule has 0 spiro atoms. The van der Waals surface area contributed by atoms with Gasteiger partial charge >= 0.3 is 0 Å². The van der Waals surface area contributed by atoms with E-state index in [0.29, 0.717) is 11.6 Å². The van der Waals surface area contributed by atoms with E-state index < -0.39 is 0 Å². The van der Waals surface area contributed by atoms with Gasteiger partial charge in [-0.2, -0.15) is 0 Å². The fourth-order valence-corrected chi connectivity index (χ4v) is 1.46. The lowest BCUT2D eigenvalue weighted by atomic mass is 10.1. The largest absolute Gasteiger partial charge is 0.493 e. The number of halogens is 2. The summed E-state index contributed by atoms with van der Waals surface area (Å²) >= 11 is 11.8. The molecule has 0 aliphatic heterocycles. The average molecular weight is 219 g/mol. The smallest absolute Gasteiger partial charge is 0.125 e. The van der Waals surface area contributed by atoms with E-state index in [2.05, 4.69) is 0 Å². The van der Waals surface area contributed by atoms with Crippen molar-refractivity contribution in [3.8, 4) is 5.75 Å². The van der Waals surface area contributed by atoms with E-state index in [0.717, 1.165) is 11.3 Å². The van der Waals surface area contributed by atoms with Crippen molar-refractivity contribution in [1.82, 2.24) is 0 Å². The molecule has 72 valence electrons. The van der Waals surface area contributed by atoms with Crippen LogP contribution in [-0.4, -0.2) is 6.61 Å². The summed E-state index contributed by atoms with van der Waals surface area (Å²) in [5, 5.41) is 0.614. The van der Waals surface area contributed by atoms with E-state index in [1.165, 1.54) is 0 Å². The molecule has 1 aromatic rings. The standard InChI is InChI=1S/C10H12Cl2O/c1-3-13-10-6-8(12)4-5-9(10)7(2)11/h4-7H,3H2,1-2H3. The van der Waals surface area contributed by atoms with E-state index in [-0.39, 0.29) is 5.38 Å². The summed E-state index contributed by atoms with van der Waals surface area (Å²) in [6, 6.07) is 5.50. The minimum Gasteiger partial charge on any atom is -0.493 e. The maximum Gasteiger partial charge on any atom is 0.125 e. The third-order valence-corrected chi connectivity index (χ3v) is 2.17. The van der Waals surface area contributed by atoms with Crippen molar-refractivity contribution in [1.29, 1.82) is 0 Å².